The minimum Gasteiger partial charge on any atom is -0.489 e. The van der Waals surface area contributed by atoms with Crippen LogP contribution in [0.4, 0.5) is 0 Å². The van der Waals surface area contributed by atoms with Crippen LogP contribution in [0.1, 0.15) is 42.4 Å². The number of benzene rings is 2. The van der Waals surface area contributed by atoms with Crippen molar-refractivity contribution in [1.82, 2.24) is 5.32 Å². The van der Waals surface area contributed by atoms with Crippen LogP contribution in [-0.2, 0) is 37.4 Å². The van der Waals surface area contributed by atoms with Crippen molar-refractivity contribution in [3.63, 3.8) is 0 Å². The number of hydrogen-bond acceptors (Lipinski definition) is 6. The summed E-state index contributed by atoms with van der Waals surface area (Å²) in [6, 6.07) is 17.2. The average Bonchev–Trinajstić information content (AvgIpc) is 3.72. The second kappa shape index (κ2) is 8.02. The van der Waals surface area contributed by atoms with Crippen LogP contribution in [0.15, 0.2) is 48.5 Å². The van der Waals surface area contributed by atoms with Crippen LogP contribution in [0.25, 0.3) is 0 Å². The summed E-state index contributed by atoms with van der Waals surface area (Å²) in [7, 11) is 3.50. The molecule has 5 atom stereocenters. The lowest BCUT2D eigenvalue weighted by molar-refractivity contribution is -0.463. The lowest BCUT2D eigenvalue weighted by Gasteiger charge is -2.74. The van der Waals surface area contributed by atoms with Gasteiger partial charge in [0.1, 0.15) is 24.6 Å². The topological polar surface area (TPSA) is 58.2 Å². The minimum absolute atomic E-state index is 0.128. The molecular formula is C29H35NO5. The predicted octanol–water partition coefficient (Wildman–Crippen LogP) is 3.75. The number of nitrogens with one attached hydrogen (secondary N) is 1. The van der Waals surface area contributed by atoms with Crippen LogP contribution < -0.4 is 10.1 Å². The van der Waals surface area contributed by atoms with E-state index < -0.39 is 5.79 Å². The molecule has 1 N–H and O–H groups in total. The van der Waals surface area contributed by atoms with Crippen molar-refractivity contribution in [2.45, 2.75) is 73.8 Å². The van der Waals surface area contributed by atoms with E-state index in [-0.39, 0.29) is 29.3 Å². The molecule has 2 aromatic rings. The standard InChI is InChI=1S/C29H35NO5/c1-31-29(32-2)25-16-28(34-18-20-8-9-20)24-14-21-10-11-22(33-17-19-6-4-3-5-7-19)15-23(21)27(28,12-13-30-24)26(29)35-25/h3-7,10-11,15,20,24-26,30H,8-9,12-14,16-18H2,1-2H3/t24-,25?,26-,27+,28-/m1/s1. The predicted molar refractivity (Wildman–Crippen MR) is 130 cm³/mol. The molecule has 8 rings (SSSR count). The molecule has 2 saturated carbocycles. The van der Waals surface area contributed by atoms with Crippen molar-refractivity contribution in [2.24, 2.45) is 5.92 Å². The van der Waals surface area contributed by atoms with E-state index in [1.54, 1.807) is 14.2 Å². The number of rotatable bonds is 8. The molecule has 6 heteroatoms. The van der Waals surface area contributed by atoms with Crippen LogP contribution in [0, 0.1) is 5.92 Å². The third kappa shape index (κ3) is 3.01. The van der Waals surface area contributed by atoms with E-state index in [4.69, 9.17) is 23.7 Å². The summed E-state index contributed by atoms with van der Waals surface area (Å²) in [4.78, 5) is 0. The van der Waals surface area contributed by atoms with Gasteiger partial charge in [0.15, 0.2) is 0 Å². The van der Waals surface area contributed by atoms with Gasteiger partial charge < -0.3 is 29.0 Å². The van der Waals surface area contributed by atoms with Crippen LogP contribution >= 0.6 is 0 Å². The Kier molecular flexibility index (Phi) is 5.10. The van der Waals surface area contributed by atoms with Crippen LogP contribution in [0.5, 0.6) is 5.75 Å². The van der Waals surface area contributed by atoms with Crippen molar-refractivity contribution >= 4 is 0 Å². The van der Waals surface area contributed by atoms with Crippen LogP contribution in [0.3, 0.4) is 0 Å². The van der Waals surface area contributed by atoms with Gasteiger partial charge in [-0.05, 0) is 67.0 Å². The number of ether oxygens (including phenoxy) is 5. The second-order valence-corrected chi connectivity index (χ2v) is 11.0. The Hall–Kier alpha value is -1.96. The fourth-order valence-electron chi connectivity index (χ4n) is 7.52. The maximum absolute atomic E-state index is 7.07. The van der Waals surface area contributed by atoms with Gasteiger partial charge in [-0.1, -0.05) is 36.4 Å². The fraction of sp³-hybridized carbons (Fsp3) is 0.586. The molecule has 3 heterocycles. The highest BCUT2D eigenvalue weighted by Gasteiger charge is 2.81. The molecule has 35 heavy (non-hydrogen) atoms. The molecule has 1 unspecified atom stereocenters. The van der Waals surface area contributed by atoms with E-state index in [1.165, 1.54) is 24.0 Å². The van der Waals surface area contributed by atoms with E-state index in [1.807, 2.05) is 18.2 Å². The first-order valence-corrected chi connectivity index (χ1v) is 13.1. The van der Waals surface area contributed by atoms with Crippen molar-refractivity contribution in [3.05, 3.63) is 65.2 Å². The highest BCUT2D eigenvalue weighted by Crippen LogP contribution is 2.67. The molecular weight excluding hydrogens is 442 g/mol. The second-order valence-electron chi connectivity index (χ2n) is 11.0. The van der Waals surface area contributed by atoms with E-state index >= 15 is 0 Å². The Balaban J connectivity index is 1.32. The number of methoxy groups -OCH3 is 2. The third-order valence-electron chi connectivity index (χ3n) is 9.42. The lowest BCUT2D eigenvalue weighted by Crippen LogP contribution is -2.89. The van der Waals surface area contributed by atoms with E-state index in [9.17, 15) is 0 Å². The fourth-order valence-corrected chi connectivity index (χ4v) is 7.52. The summed E-state index contributed by atoms with van der Waals surface area (Å²) in [5.74, 6) is 0.832. The van der Waals surface area contributed by atoms with Gasteiger partial charge in [-0.3, -0.25) is 0 Å². The largest absolute Gasteiger partial charge is 0.489 e. The Morgan fingerprint density at radius 1 is 1.06 bits per heavy atom. The lowest BCUT2D eigenvalue weighted by atomic mass is 9.45. The molecule has 186 valence electrons. The minimum atomic E-state index is -0.746. The average molecular weight is 478 g/mol. The van der Waals surface area contributed by atoms with Gasteiger partial charge in [-0.25, -0.2) is 0 Å². The first kappa shape index (κ1) is 22.3. The zero-order valence-corrected chi connectivity index (χ0v) is 20.6. The molecule has 0 amide bonds. The van der Waals surface area contributed by atoms with Crippen molar-refractivity contribution in [2.75, 3.05) is 27.4 Å². The van der Waals surface area contributed by atoms with Gasteiger partial charge in [-0.15, -0.1) is 0 Å². The Morgan fingerprint density at radius 2 is 1.89 bits per heavy atom. The number of fused-ring (bicyclic) bond motifs is 1. The van der Waals surface area contributed by atoms with Crippen molar-refractivity contribution in [3.8, 4) is 5.75 Å². The summed E-state index contributed by atoms with van der Waals surface area (Å²) in [6.07, 6.45) is 4.83. The summed E-state index contributed by atoms with van der Waals surface area (Å²) in [6.45, 7) is 2.29. The molecule has 5 fully saturated rings. The highest BCUT2D eigenvalue weighted by molar-refractivity contribution is 5.52. The summed E-state index contributed by atoms with van der Waals surface area (Å²) in [5, 5.41) is 3.84. The number of piperidine rings is 1. The zero-order chi connectivity index (χ0) is 23.7. The Labute approximate surface area is 207 Å². The van der Waals surface area contributed by atoms with Gasteiger partial charge in [0.25, 0.3) is 0 Å². The maximum Gasteiger partial charge on any atom is 0.222 e. The highest BCUT2D eigenvalue weighted by atomic mass is 16.8. The molecule has 4 bridgehead atoms. The van der Waals surface area contributed by atoms with Gasteiger partial charge in [0.05, 0.1) is 17.6 Å². The third-order valence-corrected chi connectivity index (χ3v) is 9.42. The van der Waals surface area contributed by atoms with Crippen LogP contribution in [0.2, 0.25) is 0 Å². The molecule has 0 aromatic heterocycles. The number of hydrogen-bond donors (Lipinski definition) is 1. The summed E-state index contributed by atoms with van der Waals surface area (Å²) >= 11 is 0. The first-order valence-electron chi connectivity index (χ1n) is 13.1. The molecule has 6 nitrogen and oxygen atoms in total. The zero-order valence-electron chi connectivity index (χ0n) is 20.6. The van der Waals surface area contributed by atoms with Crippen molar-refractivity contribution < 1.29 is 23.7 Å². The van der Waals surface area contributed by atoms with Gasteiger partial charge in [-0.2, -0.15) is 0 Å². The Bertz CT molecular complexity index is 1100. The van der Waals surface area contributed by atoms with Gasteiger partial charge in [0.2, 0.25) is 5.79 Å². The molecule has 3 aliphatic heterocycles. The van der Waals surface area contributed by atoms with Crippen molar-refractivity contribution in [1.29, 1.82) is 0 Å². The molecule has 2 aromatic carbocycles. The summed E-state index contributed by atoms with van der Waals surface area (Å²) < 4.78 is 32.2. The normalized spacial score (nSPS) is 36.0. The monoisotopic (exact) mass is 477 g/mol. The molecule has 0 radical (unpaired) electrons. The Morgan fingerprint density at radius 3 is 2.66 bits per heavy atom. The quantitative estimate of drug-likeness (QED) is 0.585. The SMILES string of the molecule is COC1(OC)C2C[C@@]3(OCC4CC4)[C@H]4Cc5ccc(OCc6ccccc6)cc5[C@@]3(CCN4)[C@H]1O2. The molecule has 3 saturated heterocycles. The molecule has 0 spiro atoms. The first-order chi connectivity index (χ1) is 17.1. The van der Waals surface area contributed by atoms with Crippen LogP contribution in [-0.4, -0.2) is 57.0 Å². The van der Waals surface area contributed by atoms with E-state index in [0.717, 1.165) is 43.7 Å². The summed E-state index contributed by atoms with van der Waals surface area (Å²) in [5.41, 5.74) is 3.09. The van der Waals surface area contributed by atoms with Gasteiger partial charge >= 0.3 is 0 Å². The van der Waals surface area contributed by atoms with E-state index in [0.29, 0.717) is 12.5 Å². The maximum atomic E-state index is 7.07. The molecule has 3 aliphatic carbocycles. The van der Waals surface area contributed by atoms with E-state index in [2.05, 4.69) is 35.6 Å². The van der Waals surface area contributed by atoms with Gasteiger partial charge in [0, 0.05) is 26.7 Å². The smallest absolute Gasteiger partial charge is 0.222 e. The molecule has 6 aliphatic rings.